The molecular weight excluding hydrogens is 255 g/mol. The molecule has 4 heteroatoms. The molecule has 1 heterocycles. The third-order valence-corrected chi connectivity index (χ3v) is 3.80. The average molecular weight is 278 g/mol. The normalized spacial score (nSPS) is 18.8. The molecule has 1 aliphatic rings. The Kier molecular flexibility index (Phi) is 5.99. The molecule has 1 fully saturated rings. The predicted molar refractivity (Wildman–Crippen MR) is 77.9 cm³/mol. The zero-order valence-corrected chi connectivity index (χ0v) is 11.8. The van der Waals surface area contributed by atoms with Crippen LogP contribution >= 0.6 is 0 Å². The Bertz CT molecular complexity index is 430. The van der Waals surface area contributed by atoms with Gasteiger partial charge in [0.15, 0.2) is 0 Å². The van der Waals surface area contributed by atoms with Gasteiger partial charge in [-0.1, -0.05) is 12.1 Å². The molecular formula is C16H23FN2O. The second-order valence-corrected chi connectivity index (χ2v) is 5.48. The van der Waals surface area contributed by atoms with Crippen LogP contribution < -0.4 is 10.6 Å². The van der Waals surface area contributed by atoms with E-state index in [1.165, 1.54) is 25.0 Å². The lowest BCUT2D eigenvalue weighted by Gasteiger charge is -2.22. The summed E-state index contributed by atoms with van der Waals surface area (Å²) in [4.78, 5) is 11.7. The van der Waals surface area contributed by atoms with Crippen molar-refractivity contribution in [1.82, 2.24) is 10.6 Å². The molecule has 1 aromatic carbocycles. The number of amides is 1. The van der Waals surface area contributed by atoms with Crippen molar-refractivity contribution >= 4 is 5.91 Å². The van der Waals surface area contributed by atoms with Gasteiger partial charge in [-0.3, -0.25) is 4.79 Å². The Balaban J connectivity index is 1.60. The van der Waals surface area contributed by atoms with E-state index in [4.69, 9.17) is 0 Å². The highest BCUT2D eigenvalue weighted by Crippen LogP contribution is 2.15. The molecule has 0 aromatic heterocycles. The Hall–Kier alpha value is -1.42. The summed E-state index contributed by atoms with van der Waals surface area (Å²) in [5.41, 5.74) is 0.918. The van der Waals surface area contributed by atoms with Crippen molar-refractivity contribution in [2.75, 3.05) is 19.6 Å². The van der Waals surface area contributed by atoms with Gasteiger partial charge in [-0.25, -0.2) is 4.39 Å². The fourth-order valence-electron chi connectivity index (χ4n) is 2.63. The van der Waals surface area contributed by atoms with Crippen LogP contribution in [0.1, 0.15) is 31.2 Å². The van der Waals surface area contributed by atoms with Crippen molar-refractivity contribution in [2.24, 2.45) is 5.92 Å². The number of nitrogens with one attached hydrogen (secondary N) is 2. The first-order valence-electron chi connectivity index (χ1n) is 7.46. The van der Waals surface area contributed by atoms with E-state index in [0.29, 0.717) is 25.3 Å². The molecule has 1 amide bonds. The number of rotatable bonds is 6. The lowest BCUT2D eigenvalue weighted by atomic mass is 9.94. The minimum atomic E-state index is -0.223. The van der Waals surface area contributed by atoms with Gasteiger partial charge in [0.25, 0.3) is 0 Å². The van der Waals surface area contributed by atoms with E-state index < -0.39 is 0 Å². The van der Waals surface area contributed by atoms with E-state index in [0.717, 1.165) is 25.1 Å². The Labute approximate surface area is 120 Å². The fraction of sp³-hybridized carbons (Fsp3) is 0.562. The molecule has 1 aromatic rings. The number of carbonyl (C=O) groups is 1. The Morgan fingerprint density at radius 2 is 2.35 bits per heavy atom. The van der Waals surface area contributed by atoms with E-state index in [1.54, 1.807) is 6.07 Å². The van der Waals surface area contributed by atoms with Gasteiger partial charge in [-0.15, -0.1) is 0 Å². The minimum Gasteiger partial charge on any atom is -0.356 e. The molecule has 3 nitrogen and oxygen atoms in total. The van der Waals surface area contributed by atoms with Crippen LogP contribution in [0.3, 0.4) is 0 Å². The molecule has 0 spiro atoms. The zero-order valence-electron chi connectivity index (χ0n) is 11.8. The van der Waals surface area contributed by atoms with Gasteiger partial charge < -0.3 is 10.6 Å². The maximum atomic E-state index is 13.0. The molecule has 2 N–H and O–H groups in total. The standard InChI is InChI=1S/C16H23FN2O/c17-15-5-1-3-13(11-15)8-10-19-16(20)7-6-14-4-2-9-18-12-14/h1,3,5,11,14,18H,2,4,6-10,12H2,(H,19,20). The zero-order chi connectivity index (χ0) is 14.2. The topological polar surface area (TPSA) is 41.1 Å². The summed E-state index contributed by atoms with van der Waals surface area (Å²) >= 11 is 0. The van der Waals surface area contributed by atoms with E-state index in [9.17, 15) is 9.18 Å². The Morgan fingerprint density at radius 3 is 3.10 bits per heavy atom. The molecule has 20 heavy (non-hydrogen) atoms. The van der Waals surface area contributed by atoms with Crippen LogP contribution in [0.2, 0.25) is 0 Å². The first kappa shape index (κ1) is 15.0. The van der Waals surface area contributed by atoms with Crippen LogP contribution in [0.15, 0.2) is 24.3 Å². The van der Waals surface area contributed by atoms with Crippen molar-refractivity contribution in [3.63, 3.8) is 0 Å². The molecule has 110 valence electrons. The van der Waals surface area contributed by atoms with Crippen LogP contribution in [-0.4, -0.2) is 25.5 Å². The summed E-state index contributed by atoms with van der Waals surface area (Å²) in [5.74, 6) is 0.517. The highest BCUT2D eigenvalue weighted by atomic mass is 19.1. The summed E-state index contributed by atoms with van der Waals surface area (Å²) in [6.07, 6.45) is 4.66. The van der Waals surface area contributed by atoms with Gasteiger partial charge in [-0.05, 0) is 62.4 Å². The number of piperidine rings is 1. The van der Waals surface area contributed by atoms with Crippen molar-refractivity contribution in [2.45, 2.75) is 32.1 Å². The van der Waals surface area contributed by atoms with Gasteiger partial charge in [-0.2, -0.15) is 0 Å². The van der Waals surface area contributed by atoms with Crippen molar-refractivity contribution in [3.05, 3.63) is 35.6 Å². The largest absolute Gasteiger partial charge is 0.356 e. The van der Waals surface area contributed by atoms with E-state index in [-0.39, 0.29) is 11.7 Å². The van der Waals surface area contributed by atoms with Gasteiger partial charge in [0.2, 0.25) is 5.91 Å². The van der Waals surface area contributed by atoms with Crippen LogP contribution in [-0.2, 0) is 11.2 Å². The smallest absolute Gasteiger partial charge is 0.220 e. The summed E-state index contributed by atoms with van der Waals surface area (Å²) in [6, 6.07) is 6.52. The summed E-state index contributed by atoms with van der Waals surface area (Å²) in [7, 11) is 0. The average Bonchev–Trinajstić information content (AvgIpc) is 2.46. The molecule has 0 saturated carbocycles. The Morgan fingerprint density at radius 1 is 1.45 bits per heavy atom. The van der Waals surface area contributed by atoms with Crippen molar-refractivity contribution in [3.8, 4) is 0 Å². The van der Waals surface area contributed by atoms with Crippen LogP contribution in [0.25, 0.3) is 0 Å². The van der Waals surface area contributed by atoms with Crippen molar-refractivity contribution in [1.29, 1.82) is 0 Å². The molecule has 0 aliphatic carbocycles. The molecule has 0 bridgehead atoms. The summed E-state index contributed by atoms with van der Waals surface area (Å²) in [5, 5.41) is 6.27. The van der Waals surface area contributed by atoms with Crippen LogP contribution in [0.5, 0.6) is 0 Å². The minimum absolute atomic E-state index is 0.104. The molecule has 1 saturated heterocycles. The first-order chi connectivity index (χ1) is 9.74. The maximum Gasteiger partial charge on any atom is 0.220 e. The van der Waals surface area contributed by atoms with E-state index in [1.807, 2.05) is 6.07 Å². The van der Waals surface area contributed by atoms with Crippen LogP contribution in [0, 0.1) is 11.7 Å². The SMILES string of the molecule is O=C(CCC1CCCNC1)NCCc1cccc(F)c1. The number of hydrogen-bond donors (Lipinski definition) is 2. The monoisotopic (exact) mass is 278 g/mol. The molecule has 1 aliphatic heterocycles. The number of hydrogen-bond acceptors (Lipinski definition) is 2. The number of halogens is 1. The van der Waals surface area contributed by atoms with Gasteiger partial charge in [0, 0.05) is 13.0 Å². The first-order valence-corrected chi connectivity index (χ1v) is 7.46. The lowest BCUT2D eigenvalue weighted by Crippen LogP contribution is -2.31. The van der Waals surface area contributed by atoms with E-state index in [2.05, 4.69) is 10.6 Å². The van der Waals surface area contributed by atoms with Crippen LogP contribution in [0.4, 0.5) is 4.39 Å². The second-order valence-electron chi connectivity index (χ2n) is 5.48. The number of benzene rings is 1. The summed E-state index contributed by atoms with van der Waals surface area (Å²) < 4.78 is 13.0. The molecule has 2 rings (SSSR count). The highest BCUT2D eigenvalue weighted by Gasteiger charge is 2.14. The van der Waals surface area contributed by atoms with Crippen molar-refractivity contribution < 1.29 is 9.18 Å². The van der Waals surface area contributed by atoms with Gasteiger partial charge >= 0.3 is 0 Å². The fourth-order valence-corrected chi connectivity index (χ4v) is 2.63. The predicted octanol–water partition coefficient (Wildman–Crippen LogP) is 2.26. The van der Waals surface area contributed by atoms with Gasteiger partial charge in [0.05, 0.1) is 0 Å². The maximum absolute atomic E-state index is 13.0. The second kappa shape index (κ2) is 8.00. The molecule has 0 radical (unpaired) electrons. The number of carbonyl (C=O) groups excluding carboxylic acids is 1. The summed E-state index contributed by atoms with van der Waals surface area (Å²) in [6.45, 7) is 2.72. The third-order valence-electron chi connectivity index (χ3n) is 3.80. The van der Waals surface area contributed by atoms with Gasteiger partial charge in [0.1, 0.15) is 5.82 Å². The van der Waals surface area contributed by atoms with E-state index >= 15 is 0 Å². The highest BCUT2D eigenvalue weighted by molar-refractivity contribution is 5.75. The lowest BCUT2D eigenvalue weighted by molar-refractivity contribution is -0.121. The molecule has 1 unspecified atom stereocenters. The quantitative estimate of drug-likeness (QED) is 0.838. The molecule has 1 atom stereocenters. The third kappa shape index (κ3) is 5.29.